The Morgan fingerprint density at radius 3 is 2.76 bits per heavy atom. The average molecular weight is 301 g/mol. The zero-order chi connectivity index (χ0) is 15.7. The molecule has 2 unspecified atom stereocenters. The molecule has 0 bridgehead atoms. The van der Waals surface area contributed by atoms with E-state index in [-0.39, 0.29) is 18.9 Å². The summed E-state index contributed by atoms with van der Waals surface area (Å²) in [6.07, 6.45) is -0.291. The molecule has 21 heavy (non-hydrogen) atoms. The number of rotatable bonds is 10. The summed E-state index contributed by atoms with van der Waals surface area (Å²) in [6, 6.07) is 6.04. The van der Waals surface area contributed by atoms with Crippen molar-refractivity contribution in [3.63, 3.8) is 0 Å². The number of aliphatic hydroxyl groups is 2. The number of aliphatic hydroxyl groups excluding tert-OH is 1. The van der Waals surface area contributed by atoms with Crippen LogP contribution in [0.2, 0.25) is 0 Å². The maximum Gasteiger partial charge on any atom is 0.165 e. The van der Waals surface area contributed by atoms with Gasteiger partial charge in [0.25, 0.3) is 0 Å². The highest BCUT2D eigenvalue weighted by molar-refractivity contribution is 5.23. The Kier molecular flexibility index (Phi) is 7.60. The highest BCUT2D eigenvalue weighted by Gasteiger charge is 2.19. The quantitative estimate of drug-likeness (QED) is 0.600. The molecule has 0 heterocycles. The predicted octanol–water partition coefficient (Wildman–Crippen LogP) is 0.943. The maximum atomic E-state index is 13.3. The molecule has 0 saturated heterocycles. The molecule has 0 amide bonds. The number of hydrogen-bond acceptors (Lipinski definition) is 5. The third-order valence-corrected chi connectivity index (χ3v) is 3.00. The molecule has 0 radical (unpaired) electrons. The standard InChI is InChI=1S/C15H24FNO4/c1-15(19,7-8-20-2)11-17-9-12(18)10-21-14-6-4-3-5-13(14)16/h3-6,12,17-19H,7-11H2,1-2H3. The Labute approximate surface area is 124 Å². The second-order valence-electron chi connectivity index (χ2n) is 5.27. The number of para-hydroxylation sites is 1. The number of nitrogens with one attached hydrogen (secondary N) is 1. The van der Waals surface area contributed by atoms with E-state index in [4.69, 9.17) is 9.47 Å². The van der Waals surface area contributed by atoms with Crippen molar-refractivity contribution in [3.8, 4) is 5.75 Å². The molecule has 1 rings (SSSR count). The van der Waals surface area contributed by atoms with Gasteiger partial charge in [0, 0.05) is 33.2 Å². The van der Waals surface area contributed by atoms with Crippen molar-refractivity contribution in [3.05, 3.63) is 30.1 Å². The fourth-order valence-corrected chi connectivity index (χ4v) is 1.73. The smallest absolute Gasteiger partial charge is 0.165 e. The van der Waals surface area contributed by atoms with Crippen molar-refractivity contribution >= 4 is 0 Å². The van der Waals surface area contributed by atoms with Crippen molar-refractivity contribution < 1.29 is 24.1 Å². The predicted molar refractivity (Wildman–Crippen MR) is 77.9 cm³/mol. The lowest BCUT2D eigenvalue weighted by atomic mass is 10.0. The summed E-state index contributed by atoms with van der Waals surface area (Å²) in [5.74, 6) is -0.344. The Morgan fingerprint density at radius 1 is 1.38 bits per heavy atom. The van der Waals surface area contributed by atoms with Gasteiger partial charge in [-0.15, -0.1) is 0 Å². The van der Waals surface area contributed by atoms with Crippen LogP contribution < -0.4 is 10.1 Å². The molecule has 0 saturated carbocycles. The van der Waals surface area contributed by atoms with Crippen LogP contribution in [-0.4, -0.2) is 55.3 Å². The van der Waals surface area contributed by atoms with E-state index in [1.807, 2.05) is 0 Å². The second kappa shape index (κ2) is 8.94. The third kappa shape index (κ3) is 7.38. The van der Waals surface area contributed by atoms with E-state index in [0.29, 0.717) is 19.6 Å². The summed E-state index contributed by atoms with van der Waals surface area (Å²) < 4.78 is 23.4. The van der Waals surface area contributed by atoms with Gasteiger partial charge in [0.05, 0.1) is 5.60 Å². The topological polar surface area (TPSA) is 71.0 Å². The minimum Gasteiger partial charge on any atom is -0.488 e. The van der Waals surface area contributed by atoms with E-state index >= 15 is 0 Å². The van der Waals surface area contributed by atoms with Crippen LogP contribution in [0.5, 0.6) is 5.75 Å². The van der Waals surface area contributed by atoms with Crippen LogP contribution in [0.15, 0.2) is 24.3 Å². The van der Waals surface area contributed by atoms with E-state index in [9.17, 15) is 14.6 Å². The molecule has 120 valence electrons. The van der Waals surface area contributed by atoms with Crippen molar-refractivity contribution in [1.29, 1.82) is 0 Å². The van der Waals surface area contributed by atoms with Crippen LogP contribution in [0.4, 0.5) is 4.39 Å². The Bertz CT molecular complexity index is 414. The molecule has 0 fully saturated rings. The van der Waals surface area contributed by atoms with Gasteiger partial charge in [-0.2, -0.15) is 0 Å². The van der Waals surface area contributed by atoms with E-state index in [0.717, 1.165) is 0 Å². The molecule has 5 nitrogen and oxygen atoms in total. The van der Waals surface area contributed by atoms with Crippen molar-refractivity contribution in [1.82, 2.24) is 5.32 Å². The molecule has 0 aromatic heterocycles. The molecule has 1 aromatic rings. The minimum atomic E-state index is -0.901. The van der Waals surface area contributed by atoms with Crippen LogP contribution in [-0.2, 0) is 4.74 Å². The van der Waals surface area contributed by atoms with E-state index in [1.54, 1.807) is 26.2 Å². The zero-order valence-electron chi connectivity index (χ0n) is 12.5. The molecule has 0 spiro atoms. The normalized spacial score (nSPS) is 15.5. The van der Waals surface area contributed by atoms with E-state index < -0.39 is 17.5 Å². The van der Waals surface area contributed by atoms with Gasteiger partial charge in [0.1, 0.15) is 12.7 Å². The van der Waals surface area contributed by atoms with Crippen molar-refractivity contribution in [2.24, 2.45) is 0 Å². The highest BCUT2D eigenvalue weighted by atomic mass is 19.1. The summed E-state index contributed by atoms with van der Waals surface area (Å²) in [6.45, 7) is 2.72. The van der Waals surface area contributed by atoms with Crippen molar-refractivity contribution in [2.75, 3.05) is 33.4 Å². The van der Waals surface area contributed by atoms with Crippen LogP contribution in [0.3, 0.4) is 0 Å². The molecular formula is C15H24FNO4. The molecule has 0 aliphatic heterocycles. The Hall–Kier alpha value is -1.21. The fraction of sp³-hybridized carbons (Fsp3) is 0.600. The van der Waals surface area contributed by atoms with E-state index in [2.05, 4.69) is 5.32 Å². The van der Waals surface area contributed by atoms with Gasteiger partial charge in [0.2, 0.25) is 0 Å². The lowest BCUT2D eigenvalue weighted by Gasteiger charge is -2.24. The third-order valence-electron chi connectivity index (χ3n) is 3.00. The first-order valence-corrected chi connectivity index (χ1v) is 6.92. The van der Waals surface area contributed by atoms with Gasteiger partial charge in [-0.05, 0) is 19.1 Å². The molecular weight excluding hydrogens is 277 g/mol. The van der Waals surface area contributed by atoms with Gasteiger partial charge >= 0.3 is 0 Å². The van der Waals surface area contributed by atoms with E-state index in [1.165, 1.54) is 12.1 Å². The zero-order valence-corrected chi connectivity index (χ0v) is 12.5. The molecule has 1 aromatic carbocycles. The molecule has 0 aliphatic carbocycles. The minimum absolute atomic E-state index is 0.0197. The second-order valence-corrected chi connectivity index (χ2v) is 5.27. The number of hydrogen-bond donors (Lipinski definition) is 3. The SMILES string of the molecule is COCCC(C)(O)CNCC(O)COc1ccccc1F. The first kappa shape index (κ1) is 17.8. The number of ether oxygens (including phenoxy) is 2. The van der Waals surface area contributed by atoms with Gasteiger partial charge in [0.15, 0.2) is 11.6 Å². The summed E-state index contributed by atoms with van der Waals surface area (Å²) >= 11 is 0. The molecule has 2 atom stereocenters. The summed E-state index contributed by atoms with van der Waals surface area (Å²) in [5.41, 5.74) is -0.901. The summed E-state index contributed by atoms with van der Waals surface area (Å²) in [4.78, 5) is 0. The fourth-order valence-electron chi connectivity index (χ4n) is 1.73. The monoisotopic (exact) mass is 301 g/mol. The number of methoxy groups -OCH3 is 1. The maximum absolute atomic E-state index is 13.3. The lowest BCUT2D eigenvalue weighted by molar-refractivity contribution is 0.0207. The summed E-state index contributed by atoms with van der Waals surface area (Å²) in [7, 11) is 1.58. The van der Waals surface area contributed by atoms with Crippen LogP contribution in [0.1, 0.15) is 13.3 Å². The van der Waals surface area contributed by atoms with Gasteiger partial charge in [-0.1, -0.05) is 12.1 Å². The Balaban J connectivity index is 2.22. The lowest BCUT2D eigenvalue weighted by Crippen LogP contribution is -2.42. The summed E-state index contributed by atoms with van der Waals surface area (Å²) in [5, 5.41) is 22.7. The Morgan fingerprint density at radius 2 is 2.10 bits per heavy atom. The first-order chi connectivity index (χ1) is 9.94. The number of halogens is 1. The van der Waals surface area contributed by atoms with Crippen LogP contribution >= 0.6 is 0 Å². The highest BCUT2D eigenvalue weighted by Crippen LogP contribution is 2.15. The molecule has 3 N–H and O–H groups in total. The van der Waals surface area contributed by atoms with Crippen LogP contribution in [0, 0.1) is 5.82 Å². The largest absolute Gasteiger partial charge is 0.488 e. The average Bonchev–Trinajstić information content (AvgIpc) is 2.44. The molecule has 6 heteroatoms. The van der Waals surface area contributed by atoms with Crippen molar-refractivity contribution in [2.45, 2.75) is 25.0 Å². The van der Waals surface area contributed by atoms with Gasteiger partial charge in [-0.3, -0.25) is 0 Å². The van der Waals surface area contributed by atoms with Gasteiger partial charge < -0.3 is 25.0 Å². The number of benzene rings is 1. The first-order valence-electron chi connectivity index (χ1n) is 6.92. The van der Waals surface area contributed by atoms with Crippen LogP contribution in [0.25, 0.3) is 0 Å². The molecule has 0 aliphatic rings. The van der Waals surface area contributed by atoms with Gasteiger partial charge in [-0.25, -0.2) is 4.39 Å².